The average molecular weight is 283 g/mol. The number of hydrogen-bond acceptors (Lipinski definition) is 2. The first-order valence-electron chi connectivity index (χ1n) is 8.05. The van der Waals surface area contributed by atoms with Crippen molar-refractivity contribution >= 4 is 0 Å². The Morgan fingerprint density at radius 3 is 2.81 bits per heavy atom. The molecule has 21 heavy (non-hydrogen) atoms. The predicted octanol–water partition coefficient (Wildman–Crippen LogP) is 4.44. The summed E-state index contributed by atoms with van der Waals surface area (Å²) in [7, 11) is 0. The highest BCUT2D eigenvalue weighted by Gasteiger charge is 2.30. The molecule has 1 aromatic heterocycles. The normalized spacial score (nSPS) is 22.8. The van der Waals surface area contributed by atoms with Crippen LogP contribution >= 0.6 is 0 Å². The Balaban J connectivity index is 1.40. The Hall–Kier alpha value is -1.54. The molecular weight excluding hydrogens is 258 g/mol. The molecule has 0 saturated heterocycles. The third-order valence-corrected chi connectivity index (χ3v) is 4.58. The highest BCUT2D eigenvalue weighted by atomic mass is 16.3. The summed E-state index contributed by atoms with van der Waals surface area (Å²) in [5.41, 5.74) is 2.88. The van der Waals surface area contributed by atoms with E-state index in [2.05, 4.69) is 49.5 Å². The maximum absolute atomic E-state index is 5.39. The first-order chi connectivity index (χ1) is 10.2. The molecule has 1 heterocycles. The zero-order valence-electron chi connectivity index (χ0n) is 13.0. The van der Waals surface area contributed by atoms with Gasteiger partial charge in [0.25, 0.3) is 0 Å². The summed E-state index contributed by atoms with van der Waals surface area (Å²) in [6.07, 6.45) is 6.46. The van der Waals surface area contributed by atoms with Crippen molar-refractivity contribution in [1.82, 2.24) is 5.32 Å². The number of aryl methyl sites for hydroxylation is 2. The van der Waals surface area contributed by atoms with Gasteiger partial charge in [0.1, 0.15) is 5.76 Å². The number of benzene rings is 1. The van der Waals surface area contributed by atoms with Crippen LogP contribution in [0.15, 0.2) is 47.1 Å². The van der Waals surface area contributed by atoms with Crippen molar-refractivity contribution < 1.29 is 4.42 Å². The summed E-state index contributed by atoms with van der Waals surface area (Å²) in [6, 6.07) is 14.2. The summed E-state index contributed by atoms with van der Waals surface area (Å²) >= 11 is 0. The van der Waals surface area contributed by atoms with Gasteiger partial charge < -0.3 is 9.73 Å². The molecule has 0 spiro atoms. The molecule has 0 amide bonds. The second-order valence-corrected chi connectivity index (χ2v) is 6.47. The summed E-state index contributed by atoms with van der Waals surface area (Å²) in [4.78, 5) is 0. The van der Waals surface area contributed by atoms with E-state index in [1.54, 1.807) is 6.26 Å². The topological polar surface area (TPSA) is 25.2 Å². The van der Waals surface area contributed by atoms with E-state index in [1.165, 1.54) is 24.0 Å². The Morgan fingerprint density at radius 1 is 1.24 bits per heavy atom. The molecule has 2 nitrogen and oxygen atoms in total. The van der Waals surface area contributed by atoms with Crippen LogP contribution in [-0.4, -0.2) is 12.1 Å². The Labute approximate surface area is 127 Å². The third-order valence-electron chi connectivity index (χ3n) is 4.58. The monoisotopic (exact) mass is 283 g/mol. The van der Waals surface area contributed by atoms with E-state index in [9.17, 15) is 0 Å². The molecule has 1 aliphatic rings. The summed E-state index contributed by atoms with van der Waals surface area (Å²) in [5.74, 6) is 1.84. The molecule has 1 N–H and O–H groups in total. The van der Waals surface area contributed by atoms with Crippen molar-refractivity contribution in [2.24, 2.45) is 0 Å². The Bertz CT molecular complexity index is 555. The number of furan rings is 1. The van der Waals surface area contributed by atoms with Crippen molar-refractivity contribution in [1.29, 1.82) is 0 Å². The van der Waals surface area contributed by atoms with E-state index in [4.69, 9.17) is 4.42 Å². The Morgan fingerprint density at radius 2 is 2.10 bits per heavy atom. The van der Waals surface area contributed by atoms with Crippen LogP contribution in [0.5, 0.6) is 0 Å². The zero-order valence-corrected chi connectivity index (χ0v) is 13.0. The molecule has 0 radical (unpaired) electrons. The van der Waals surface area contributed by atoms with Crippen LogP contribution in [-0.2, 0) is 6.42 Å². The van der Waals surface area contributed by atoms with Gasteiger partial charge in [0.15, 0.2) is 0 Å². The molecule has 1 aliphatic carbocycles. The minimum atomic E-state index is 0.554. The molecule has 3 rings (SSSR count). The SMILES string of the molecule is Cc1cccc(C2CC(NC(C)CCc3ccco3)C2)c1. The molecule has 112 valence electrons. The van der Waals surface area contributed by atoms with Crippen molar-refractivity contribution in [3.63, 3.8) is 0 Å². The molecule has 1 fully saturated rings. The lowest BCUT2D eigenvalue weighted by Crippen LogP contribution is -2.44. The minimum Gasteiger partial charge on any atom is -0.469 e. The average Bonchev–Trinajstić information content (AvgIpc) is 2.93. The standard InChI is InChI=1S/C19H25NO/c1-14-5-3-6-16(11-14)17-12-18(13-17)20-15(2)8-9-19-7-4-10-21-19/h3-7,10-11,15,17-18,20H,8-9,12-13H2,1-2H3. The maximum Gasteiger partial charge on any atom is 0.103 e. The first-order valence-corrected chi connectivity index (χ1v) is 8.05. The molecule has 1 atom stereocenters. The molecule has 1 aromatic carbocycles. The molecule has 0 aliphatic heterocycles. The lowest BCUT2D eigenvalue weighted by molar-refractivity contribution is 0.264. The van der Waals surface area contributed by atoms with E-state index in [0.717, 1.165) is 24.5 Å². The van der Waals surface area contributed by atoms with Crippen LogP contribution in [0.4, 0.5) is 0 Å². The fourth-order valence-electron chi connectivity index (χ4n) is 3.25. The molecule has 2 aromatic rings. The van der Waals surface area contributed by atoms with Gasteiger partial charge in [-0.05, 0) is 56.7 Å². The third kappa shape index (κ3) is 3.76. The van der Waals surface area contributed by atoms with Gasteiger partial charge in [-0.25, -0.2) is 0 Å². The summed E-state index contributed by atoms with van der Waals surface area (Å²) in [6.45, 7) is 4.46. The van der Waals surface area contributed by atoms with Gasteiger partial charge in [-0.3, -0.25) is 0 Å². The van der Waals surface area contributed by atoms with Crippen LogP contribution in [0.2, 0.25) is 0 Å². The van der Waals surface area contributed by atoms with Gasteiger partial charge in [-0.1, -0.05) is 29.8 Å². The van der Waals surface area contributed by atoms with Crippen molar-refractivity contribution in [3.8, 4) is 0 Å². The van der Waals surface area contributed by atoms with Gasteiger partial charge in [0.2, 0.25) is 0 Å². The fraction of sp³-hybridized carbons (Fsp3) is 0.474. The molecule has 2 heteroatoms. The summed E-state index contributed by atoms with van der Waals surface area (Å²) < 4.78 is 5.39. The highest BCUT2D eigenvalue weighted by Crippen LogP contribution is 2.37. The van der Waals surface area contributed by atoms with Crippen molar-refractivity contribution in [2.45, 2.75) is 57.5 Å². The van der Waals surface area contributed by atoms with Gasteiger partial charge in [-0.15, -0.1) is 0 Å². The van der Waals surface area contributed by atoms with Crippen LogP contribution in [0.1, 0.15) is 49.0 Å². The zero-order chi connectivity index (χ0) is 14.7. The Kier molecular flexibility index (Phi) is 4.45. The second-order valence-electron chi connectivity index (χ2n) is 6.47. The number of rotatable bonds is 6. The van der Waals surface area contributed by atoms with Crippen LogP contribution in [0, 0.1) is 6.92 Å². The van der Waals surface area contributed by atoms with Gasteiger partial charge in [0.05, 0.1) is 6.26 Å². The quantitative estimate of drug-likeness (QED) is 0.847. The van der Waals surface area contributed by atoms with Crippen molar-refractivity contribution in [2.75, 3.05) is 0 Å². The molecular formula is C19H25NO. The molecule has 0 bridgehead atoms. The van der Waals surface area contributed by atoms with E-state index < -0.39 is 0 Å². The van der Waals surface area contributed by atoms with Crippen LogP contribution < -0.4 is 5.32 Å². The van der Waals surface area contributed by atoms with Crippen LogP contribution in [0.3, 0.4) is 0 Å². The van der Waals surface area contributed by atoms with E-state index in [0.29, 0.717) is 12.1 Å². The second kappa shape index (κ2) is 6.48. The summed E-state index contributed by atoms with van der Waals surface area (Å²) in [5, 5.41) is 3.75. The fourth-order valence-corrected chi connectivity index (χ4v) is 3.25. The number of nitrogens with one attached hydrogen (secondary N) is 1. The minimum absolute atomic E-state index is 0.554. The largest absolute Gasteiger partial charge is 0.469 e. The first kappa shape index (κ1) is 14.4. The van der Waals surface area contributed by atoms with E-state index in [-0.39, 0.29) is 0 Å². The molecule has 1 saturated carbocycles. The van der Waals surface area contributed by atoms with Gasteiger partial charge >= 0.3 is 0 Å². The van der Waals surface area contributed by atoms with Crippen LogP contribution in [0.25, 0.3) is 0 Å². The highest BCUT2D eigenvalue weighted by molar-refractivity contribution is 5.27. The maximum atomic E-state index is 5.39. The van der Waals surface area contributed by atoms with E-state index >= 15 is 0 Å². The van der Waals surface area contributed by atoms with Gasteiger partial charge in [0, 0.05) is 18.5 Å². The predicted molar refractivity (Wildman–Crippen MR) is 86.6 cm³/mol. The van der Waals surface area contributed by atoms with Crippen molar-refractivity contribution in [3.05, 3.63) is 59.5 Å². The smallest absolute Gasteiger partial charge is 0.103 e. The van der Waals surface area contributed by atoms with Gasteiger partial charge in [-0.2, -0.15) is 0 Å². The lowest BCUT2D eigenvalue weighted by Gasteiger charge is -2.38. The lowest BCUT2D eigenvalue weighted by atomic mass is 9.75. The number of hydrogen-bond donors (Lipinski definition) is 1. The van der Waals surface area contributed by atoms with E-state index in [1.807, 2.05) is 6.07 Å². The molecule has 1 unspecified atom stereocenters.